The molecule has 0 fully saturated rings. The van der Waals surface area contributed by atoms with Crippen molar-refractivity contribution in [2.24, 2.45) is 0 Å². The average Bonchev–Trinajstić information content (AvgIpc) is 3.00. The third-order valence-corrected chi connectivity index (χ3v) is 6.34. The molecule has 0 saturated heterocycles. The van der Waals surface area contributed by atoms with Crippen molar-refractivity contribution >= 4 is 60.3 Å². The van der Waals surface area contributed by atoms with Crippen molar-refractivity contribution in [1.29, 1.82) is 0 Å². The lowest BCUT2D eigenvalue weighted by atomic mass is 10.2. The smallest absolute Gasteiger partial charge is 0.298 e. The van der Waals surface area contributed by atoms with Crippen molar-refractivity contribution in [3.8, 4) is 0 Å². The van der Waals surface area contributed by atoms with Gasteiger partial charge in [0.05, 0.1) is 15.1 Å². The van der Waals surface area contributed by atoms with Gasteiger partial charge in [0, 0.05) is 17.2 Å². The molecule has 11 heteroatoms. The van der Waals surface area contributed by atoms with E-state index in [1.807, 2.05) is 0 Å². The Hall–Kier alpha value is -2.37. The summed E-state index contributed by atoms with van der Waals surface area (Å²) in [7, 11) is -3.34. The number of amides is 1. The molecule has 0 bridgehead atoms. The number of fused-ring (bicyclic) bond motifs is 1. The van der Waals surface area contributed by atoms with Gasteiger partial charge in [-0.15, -0.1) is 0 Å². The van der Waals surface area contributed by atoms with Crippen LogP contribution in [-0.2, 0) is 14.6 Å². The maximum Gasteiger partial charge on any atom is 0.446 e. The molecular formula is C18H13F3N2O3S3. The van der Waals surface area contributed by atoms with E-state index in [0.717, 1.165) is 17.6 Å². The SMILES string of the molecule is CS(=O)(=O)c1ccc2nc(NC(=O)/C=C/c3ccc(SC(F)(F)F)cc3)sc2c1. The number of rotatable bonds is 5. The lowest BCUT2D eigenvalue weighted by Gasteiger charge is -2.05. The maximum atomic E-state index is 12.3. The molecule has 5 nitrogen and oxygen atoms in total. The first-order valence-electron chi connectivity index (χ1n) is 7.95. The molecule has 0 aliphatic rings. The highest BCUT2D eigenvalue weighted by atomic mass is 32.2. The number of aromatic nitrogens is 1. The first-order chi connectivity index (χ1) is 13.5. The van der Waals surface area contributed by atoms with Crippen LogP contribution in [-0.4, -0.2) is 31.1 Å². The first-order valence-corrected chi connectivity index (χ1v) is 11.5. The van der Waals surface area contributed by atoms with Crippen molar-refractivity contribution in [3.63, 3.8) is 0 Å². The summed E-state index contributed by atoms with van der Waals surface area (Å²) in [5.41, 5.74) is -3.23. The Balaban J connectivity index is 1.67. The summed E-state index contributed by atoms with van der Waals surface area (Å²) in [6, 6.07) is 10.1. The number of anilines is 1. The number of alkyl halides is 3. The van der Waals surface area contributed by atoms with Crippen LogP contribution in [0, 0.1) is 0 Å². The van der Waals surface area contributed by atoms with E-state index in [-0.39, 0.29) is 21.6 Å². The van der Waals surface area contributed by atoms with Crippen LogP contribution in [0.1, 0.15) is 5.56 Å². The van der Waals surface area contributed by atoms with Crippen LogP contribution < -0.4 is 5.32 Å². The molecule has 2 aromatic carbocycles. The summed E-state index contributed by atoms with van der Waals surface area (Å²) in [5, 5.41) is 2.88. The number of halogens is 3. The fourth-order valence-electron chi connectivity index (χ4n) is 2.29. The molecule has 0 aliphatic carbocycles. The van der Waals surface area contributed by atoms with Gasteiger partial charge in [-0.25, -0.2) is 13.4 Å². The summed E-state index contributed by atoms with van der Waals surface area (Å²) in [6.07, 6.45) is 3.81. The molecule has 0 radical (unpaired) electrons. The third kappa shape index (κ3) is 6.05. The normalized spacial score (nSPS) is 12.6. The zero-order chi connectivity index (χ0) is 21.2. The van der Waals surface area contributed by atoms with Gasteiger partial charge in [0.25, 0.3) is 0 Å². The molecule has 0 spiro atoms. The predicted molar refractivity (Wildman–Crippen MR) is 109 cm³/mol. The molecule has 0 saturated carbocycles. The van der Waals surface area contributed by atoms with E-state index in [1.165, 1.54) is 48.6 Å². The van der Waals surface area contributed by atoms with Crippen molar-refractivity contribution in [1.82, 2.24) is 4.98 Å². The average molecular weight is 459 g/mol. The Morgan fingerprint density at radius 2 is 1.86 bits per heavy atom. The number of hydrogen-bond donors (Lipinski definition) is 1. The second-order valence-corrected chi connectivity index (χ2v) is 10.0. The zero-order valence-electron chi connectivity index (χ0n) is 14.7. The molecule has 29 heavy (non-hydrogen) atoms. The van der Waals surface area contributed by atoms with Gasteiger partial charge in [0.2, 0.25) is 5.91 Å². The molecule has 1 heterocycles. The Bertz CT molecular complexity index is 1180. The minimum atomic E-state index is -4.35. The molecule has 3 aromatic rings. The van der Waals surface area contributed by atoms with E-state index in [0.29, 0.717) is 20.9 Å². The number of nitrogens with zero attached hydrogens (tertiary/aromatic N) is 1. The van der Waals surface area contributed by atoms with E-state index >= 15 is 0 Å². The largest absolute Gasteiger partial charge is 0.446 e. The van der Waals surface area contributed by atoms with Crippen LogP contribution in [0.5, 0.6) is 0 Å². The molecule has 1 amide bonds. The highest BCUT2D eigenvalue weighted by molar-refractivity contribution is 8.00. The molecule has 1 N–H and O–H groups in total. The quantitative estimate of drug-likeness (QED) is 0.432. The molecule has 1 aromatic heterocycles. The molecular weight excluding hydrogens is 445 g/mol. The van der Waals surface area contributed by atoms with Gasteiger partial charge in [-0.1, -0.05) is 23.5 Å². The first kappa shape index (κ1) is 21.3. The fourth-order valence-corrected chi connectivity index (χ4v) is 4.46. The van der Waals surface area contributed by atoms with Crippen molar-refractivity contribution < 1.29 is 26.4 Å². The number of thiazole rings is 1. The molecule has 3 rings (SSSR count). The van der Waals surface area contributed by atoms with E-state index < -0.39 is 21.3 Å². The van der Waals surface area contributed by atoms with Crippen LogP contribution >= 0.6 is 23.1 Å². The molecule has 0 aliphatic heterocycles. The van der Waals surface area contributed by atoms with E-state index in [9.17, 15) is 26.4 Å². The van der Waals surface area contributed by atoms with Gasteiger partial charge in [-0.2, -0.15) is 13.2 Å². The number of carbonyl (C=O) groups is 1. The van der Waals surface area contributed by atoms with Gasteiger partial charge in [0.15, 0.2) is 15.0 Å². The number of hydrogen-bond acceptors (Lipinski definition) is 6. The fraction of sp³-hybridized carbons (Fsp3) is 0.111. The Kier molecular flexibility index (Phi) is 6.01. The van der Waals surface area contributed by atoms with Crippen molar-refractivity contribution in [3.05, 3.63) is 54.1 Å². The van der Waals surface area contributed by atoms with Gasteiger partial charge in [-0.3, -0.25) is 10.1 Å². The van der Waals surface area contributed by atoms with E-state index in [4.69, 9.17) is 0 Å². The minimum absolute atomic E-state index is 0.0574. The predicted octanol–water partition coefficient (Wildman–Crippen LogP) is 4.96. The lowest BCUT2D eigenvalue weighted by molar-refractivity contribution is -0.111. The summed E-state index contributed by atoms with van der Waals surface area (Å²) < 4.78 is 60.8. The topological polar surface area (TPSA) is 76.1 Å². The van der Waals surface area contributed by atoms with Gasteiger partial charge in [-0.05, 0) is 53.7 Å². The summed E-state index contributed by atoms with van der Waals surface area (Å²) in [6.45, 7) is 0. The van der Waals surface area contributed by atoms with Crippen LogP contribution in [0.15, 0.2) is 58.3 Å². The number of sulfone groups is 1. The summed E-state index contributed by atoms with van der Waals surface area (Å²) in [5.74, 6) is -0.471. The highest BCUT2D eigenvalue weighted by Gasteiger charge is 2.28. The van der Waals surface area contributed by atoms with Crippen LogP contribution in [0.3, 0.4) is 0 Å². The van der Waals surface area contributed by atoms with Crippen LogP contribution in [0.4, 0.5) is 18.3 Å². The summed E-state index contributed by atoms with van der Waals surface area (Å²) >= 11 is 0.926. The Morgan fingerprint density at radius 3 is 2.48 bits per heavy atom. The third-order valence-electron chi connectivity index (χ3n) is 3.56. The van der Waals surface area contributed by atoms with E-state index in [2.05, 4.69) is 10.3 Å². The highest BCUT2D eigenvalue weighted by Crippen LogP contribution is 2.36. The number of thioether (sulfide) groups is 1. The molecule has 152 valence electrons. The summed E-state index contributed by atoms with van der Waals surface area (Å²) in [4.78, 5) is 16.5. The monoisotopic (exact) mass is 458 g/mol. The van der Waals surface area contributed by atoms with Crippen molar-refractivity contribution in [2.45, 2.75) is 15.3 Å². The van der Waals surface area contributed by atoms with Gasteiger partial charge in [0.1, 0.15) is 0 Å². The van der Waals surface area contributed by atoms with Gasteiger partial charge >= 0.3 is 5.51 Å². The number of nitrogens with one attached hydrogen (secondary N) is 1. The van der Waals surface area contributed by atoms with Crippen molar-refractivity contribution in [2.75, 3.05) is 11.6 Å². The zero-order valence-corrected chi connectivity index (χ0v) is 17.2. The molecule has 0 atom stereocenters. The second kappa shape index (κ2) is 8.17. The van der Waals surface area contributed by atoms with E-state index in [1.54, 1.807) is 6.07 Å². The standard InChI is InChI=1S/C18H13F3N2O3S3/c1-29(25,26)13-7-8-14-15(10-13)27-17(22-14)23-16(24)9-4-11-2-5-12(6-3-11)28-18(19,20)21/h2-10H,1H3,(H,22,23,24)/b9-4+. The lowest BCUT2D eigenvalue weighted by Crippen LogP contribution is -2.07. The maximum absolute atomic E-state index is 12.3. The van der Waals surface area contributed by atoms with Crippen LogP contribution in [0.25, 0.3) is 16.3 Å². The Labute approximate surface area is 172 Å². The number of carbonyl (C=O) groups excluding carboxylic acids is 1. The second-order valence-electron chi connectivity index (χ2n) is 5.86. The minimum Gasteiger partial charge on any atom is -0.298 e. The van der Waals surface area contributed by atoms with Crippen LogP contribution in [0.2, 0.25) is 0 Å². The number of benzene rings is 2. The Morgan fingerprint density at radius 1 is 1.17 bits per heavy atom. The molecule has 0 unspecified atom stereocenters. The van der Waals surface area contributed by atoms with Gasteiger partial charge < -0.3 is 0 Å².